The largest absolute Gasteiger partial charge is 0.454 e. The minimum absolute atomic E-state index is 0.00419. The molecule has 2 aliphatic carbocycles. The highest BCUT2D eigenvalue weighted by molar-refractivity contribution is 5.90. The molecule has 0 aromatic heterocycles. The summed E-state index contributed by atoms with van der Waals surface area (Å²) >= 11 is 0. The van der Waals surface area contributed by atoms with E-state index in [9.17, 15) is 9.59 Å². The Kier molecular flexibility index (Phi) is 5.31. The first-order chi connectivity index (χ1) is 10.7. The van der Waals surface area contributed by atoms with E-state index in [4.69, 9.17) is 14.2 Å². The highest BCUT2D eigenvalue weighted by Crippen LogP contribution is 2.60. The Hall–Kier alpha value is -1.20. The molecule has 2 aliphatic rings. The minimum Gasteiger partial charge on any atom is -0.454 e. The third kappa shape index (κ3) is 3.50. The van der Waals surface area contributed by atoms with Crippen LogP contribution in [0.25, 0.3) is 0 Å². The molecule has 0 N–H and O–H groups in total. The van der Waals surface area contributed by atoms with E-state index < -0.39 is 11.6 Å². The summed E-state index contributed by atoms with van der Waals surface area (Å²) in [5.74, 6) is -0.386. The molecule has 0 spiro atoms. The molecular formula is C18H28O5. The van der Waals surface area contributed by atoms with Gasteiger partial charge in [-0.1, -0.05) is 13.5 Å². The molecule has 0 aliphatic heterocycles. The fourth-order valence-electron chi connectivity index (χ4n) is 4.18. The summed E-state index contributed by atoms with van der Waals surface area (Å²) in [4.78, 5) is 23.3. The SMILES string of the molecule is C=C(C)C(=O)OCC(=O)COC1(C)C2CCC(C)(C2)C1OCC. The quantitative estimate of drug-likeness (QED) is 0.507. The lowest BCUT2D eigenvalue weighted by molar-refractivity contribution is -0.180. The maximum atomic E-state index is 11.9. The second-order valence-corrected chi connectivity index (χ2v) is 7.30. The van der Waals surface area contributed by atoms with Gasteiger partial charge in [0.1, 0.15) is 6.61 Å². The molecule has 0 radical (unpaired) electrons. The van der Waals surface area contributed by atoms with Gasteiger partial charge in [-0.3, -0.25) is 4.79 Å². The van der Waals surface area contributed by atoms with Crippen LogP contribution < -0.4 is 0 Å². The molecule has 2 saturated carbocycles. The zero-order valence-electron chi connectivity index (χ0n) is 14.6. The smallest absolute Gasteiger partial charge is 0.333 e. The third-order valence-electron chi connectivity index (χ3n) is 5.33. The number of hydrogen-bond acceptors (Lipinski definition) is 5. The van der Waals surface area contributed by atoms with Gasteiger partial charge in [-0.05, 0) is 51.4 Å². The highest BCUT2D eigenvalue weighted by Gasteiger charge is 2.63. The van der Waals surface area contributed by atoms with E-state index in [1.165, 1.54) is 0 Å². The first kappa shape index (κ1) is 18.1. The number of esters is 1. The van der Waals surface area contributed by atoms with E-state index >= 15 is 0 Å². The van der Waals surface area contributed by atoms with Gasteiger partial charge in [-0.15, -0.1) is 0 Å². The van der Waals surface area contributed by atoms with Crippen LogP contribution in [0, 0.1) is 11.3 Å². The third-order valence-corrected chi connectivity index (χ3v) is 5.33. The lowest BCUT2D eigenvalue weighted by atomic mass is 9.76. The van der Waals surface area contributed by atoms with E-state index in [1.807, 2.05) is 6.92 Å². The van der Waals surface area contributed by atoms with Gasteiger partial charge in [0.05, 0.1) is 11.7 Å². The fourth-order valence-corrected chi connectivity index (χ4v) is 4.18. The maximum absolute atomic E-state index is 11.9. The molecule has 5 heteroatoms. The molecule has 0 amide bonds. The number of carbonyl (C=O) groups is 2. The number of ketones is 1. The molecular weight excluding hydrogens is 296 g/mol. The van der Waals surface area contributed by atoms with Crippen LogP contribution in [-0.2, 0) is 23.8 Å². The summed E-state index contributed by atoms with van der Waals surface area (Å²) in [6.07, 6.45) is 3.33. The second kappa shape index (κ2) is 6.73. The van der Waals surface area contributed by atoms with Crippen molar-refractivity contribution in [1.82, 2.24) is 0 Å². The molecule has 4 unspecified atom stereocenters. The van der Waals surface area contributed by atoms with Crippen LogP contribution in [0.15, 0.2) is 12.2 Å². The molecule has 5 nitrogen and oxygen atoms in total. The summed E-state index contributed by atoms with van der Waals surface area (Å²) in [6, 6.07) is 0. The van der Waals surface area contributed by atoms with Crippen molar-refractivity contribution in [3.8, 4) is 0 Å². The molecule has 4 atom stereocenters. The Morgan fingerprint density at radius 1 is 1.26 bits per heavy atom. The van der Waals surface area contributed by atoms with Gasteiger partial charge in [0.15, 0.2) is 12.4 Å². The lowest BCUT2D eigenvalue weighted by Crippen LogP contribution is -2.52. The normalized spacial score (nSPS) is 35.3. The Morgan fingerprint density at radius 2 is 1.96 bits per heavy atom. The Labute approximate surface area is 138 Å². The Bertz CT molecular complexity index is 500. The number of hydrogen-bond donors (Lipinski definition) is 0. The number of rotatable bonds is 8. The topological polar surface area (TPSA) is 61.8 Å². The van der Waals surface area contributed by atoms with Crippen LogP contribution >= 0.6 is 0 Å². The molecule has 0 saturated heterocycles. The molecule has 2 rings (SSSR count). The van der Waals surface area contributed by atoms with Crippen molar-refractivity contribution in [2.75, 3.05) is 19.8 Å². The van der Waals surface area contributed by atoms with E-state index in [1.54, 1.807) is 6.92 Å². The lowest BCUT2D eigenvalue weighted by Gasteiger charge is -2.43. The molecule has 130 valence electrons. The average molecular weight is 324 g/mol. The van der Waals surface area contributed by atoms with Gasteiger partial charge in [-0.25, -0.2) is 4.79 Å². The summed E-state index contributed by atoms with van der Waals surface area (Å²) in [6.45, 7) is 11.6. The molecule has 0 heterocycles. The average Bonchev–Trinajstić information content (AvgIpc) is 2.98. The zero-order chi connectivity index (χ0) is 17.3. The van der Waals surface area contributed by atoms with Crippen LogP contribution in [0.4, 0.5) is 0 Å². The van der Waals surface area contributed by atoms with Crippen molar-refractivity contribution in [2.45, 2.75) is 58.7 Å². The van der Waals surface area contributed by atoms with E-state index in [0.29, 0.717) is 12.5 Å². The number of Topliss-reactive ketones (excluding diaryl/α,β-unsaturated/α-hetero) is 1. The minimum atomic E-state index is -0.552. The predicted octanol–water partition coefficient (Wildman–Crippen LogP) is 2.68. The van der Waals surface area contributed by atoms with E-state index in [0.717, 1.165) is 19.3 Å². The molecule has 2 fully saturated rings. The van der Waals surface area contributed by atoms with Crippen molar-refractivity contribution >= 4 is 11.8 Å². The molecule has 2 bridgehead atoms. The van der Waals surface area contributed by atoms with Crippen LogP contribution in [0.1, 0.15) is 47.0 Å². The summed E-state index contributed by atoms with van der Waals surface area (Å²) < 4.78 is 16.9. The van der Waals surface area contributed by atoms with E-state index in [-0.39, 0.29) is 36.1 Å². The van der Waals surface area contributed by atoms with Crippen LogP contribution in [0.2, 0.25) is 0 Å². The Balaban J connectivity index is 1.92. The van der Waals surface area contributed by atoms with Gasteiger partial charge in [0.2, 0.25) is 0 Å². The summed E-state index contributed by atoms with van der Waals surface area (Å²) in [7, 11) is 0. The summed E-state index contributed by atoms with van der Waals surface area (Å²) in [5.41, 5.74) is -0.0369. The number of ether oxygens (including phenoxy) is 3. The summed E-state index contributed by atoms with van der Waals surface area (Å²) in [5, 5.41) is 0. The zero-order valence-corrected chi connectivity index (χ0v) is 14.6. The van der Waals surface area contributed by atoms with Gasteiger partial charge in [-0.2, -0.15) is 0 Å². The fraction of sp³-hybridized carbons (Fsp3) is 0.778. The van der Waals surface area contributed by atoms with Crippen molar-refractivity contribution < 1.29 is 23.8 Å². The molecule has 0 aromatic carbocycles. The number of fused-ring (bicyclic) bond motifs is 2. The molecule has 23 heavy (non-hydrogen) atoms. The van der Waals surface area contributed by atoms with Crippen molar-refractivity contribution in [1.29, 1.82) is 0 Å². The van der Waals surface area contributed by atoms with Crippen LogP contribution in [0.5, 0.6) is 0 Å². The van der Waals surface area contributed by atoms with Crippen LogP contribution in [-0.4, -0.2) is 43.3 Å². The first-order valence-corrected chi connectivity index (χ1v) is 8.33. The van der Waals surface area contributed by atoms with Gasteiger partial charge in [0, 0.05) is 12.2 Å². The van der Waals surface area contributed by atoms with Crippen molar-refractivity contribution in [3.05, 3.63) is 12.2 Å². The standard InChI is InChI=1S/C18H28O5/c1-6-21-16-17(4)8-7-13(9-17)18(16,5)23-11-14(19)10-22-15(20)12(2)3/h13,16H,2,6-11H2,1,3-5H3. The van der Waals surface area contributed by atoms with E-state index in [2.05, 4.69) is 20.4 Å². The molecule has 0 aromatic rings. The van der Waals surface area contributed by atoms with Gasteiger partial charge >= 0.3 is 5.97 Å². The van der Waals surface area contributed by atoms with Gasteiger partial charge < -0.3 is 14.2 Å². The number of carbonyl (C=O) groups excluding carboxylic acids is 2. The Morgan fingerprint density at radius 3 is 2.57 bits per heavy atom. The maximum Gasteiger partial charge on any atom is 0.333 e. The van der Waals surface area contributed by atoms with Crippen molar-refractivity contribution in [3.63, 3.8) is 0 Å². The van der Waals surface area contributed by atoms with Gasteiger partial charge in [0.25, 0.3) is 0 Å². The van der Waals surface area contributed by atoms with Crippen molar-refractivity contribution in [2.24, 2.45) is 11.3 Å². The van der Waals surface area contributed by atoms with Crippen LogP contribution in [0.3, 0.4) is 0 Å². The second-order valence-electron chi connectivity index (χ2n) is 7.30. The highest BCUT2D eigenvalue weighted by atomic mass is 16.6. The first-order valence-electron chi connectivity index (χ1n) is 8.33. The predicted molar refractivity (Wildman–Crippen MR) is 86.0 cm³/mol. The monoisotopic (exact) mass is 324 g/mol.